The van der Waals surface area contributed by atoms with Crippen molar-refractivity contribution in [3.63, 3.8) is 0 Å². The maximum Gasteiger partial charge on any atom is 0.328 e. The number of aromatic nitrogens is 3. The van der Waals surface area contributed by atoms with E-state index in [1.54, 1.807) is 0 Å². The summed E-state index contributed by atoms with van der Waals surface area (Å²) in [7, 11) is 1.96. The molecule has 4 heterocycles. The van der Waals surface area contributed by atoms with E-state index in [0.717, 1.165) is 73.2 Å². The second-order valence-electron chi connectivity index (χ2n) is 12.9. The minimum atomic E-state index is -0.565. The number of fused-ring (bicyclic) bond motifs is 2. The predicted molar refractivity (Wildman–Crippen MR) is 163 cm³/mol. The van der Waals surface area contributed by atoms with E-state index in [2.05, 4.69) is 42.3 Å². The number of nitrogens with one attached hydrogen (secondary N) is 1. The topological polar surface area (TPSA) is 81.5 Å². The van der Waals surface area contributed by atoms with Gasteiger partial charge < -0.3 is 14.8 Å². The van der Waals surface area contributed by atoms with Crippen LogP contribution in [0, 0.1) is 0 Å². The number of hydrogen-bond acceptors (Lipinski definition) is 7. The molecule has 0 amide bonds. The van der Waals surface area contributed by atoms with Crippen molar-refractivity contribution in [2.45, 2.75) is 96.8 Å². The first kappa shape index (κ1) is 29.5. The molecular formula is C33H47N5O3. The molecule has 1 saturated heterocycles. The zero-order valence-corrected chi connectivity index (χ0v) is 25.7. The molecule has 2 aromatic heterocycles. The Labute approximate surface area is 244 Å². The summed E-state index contributed by atoms with van der Waals surface area (Å²) in [4.78, 5) is 20.6. The number of carbonyl (C=O) groups is 1. The largest absolute Gasteiger partial charge is 0.459 e. The lowest BCUT2D eigenvalue weighted by Crippen LogP contribution is -2.55. The van der Waals surface area contributed by atoms with Gasteiger partial charge in [-0.05, 0) is 70.4 Å². The Morgan fingerprint density at radius 1 is 1.12 bits per heavy atom. The molecule has 2 aliphatic rings. The number of unbranched alkanes of at least 4 members (excludes halogenated alkanes) is 2. The third-order valence-corrected chi connectivity index (χ3v) is 8.02. The first-order valence-electron chi connectivity index (χ1n) is 15.4. The number of para-hydroxylation sites is 1. The third kappa shape index (κ3) is 6.92. The fraction of sp³-hybridized carbons (Fsp3) is 0.606. The zero-order chi connectivity index (χ0) is 29.1. The van der Waals surface area contributed by atoms with Crippen LogP contribution in [0.15, 0.2) is 30.3 Å². The quantitative estimate of drug-likeness (QED) is 0.229. The second-order valence-corrected chi connectivity index (χ2v) is 12.9. The summed E-state index contributed by atoms with van der Waals surface area (Å²) in [5, 5.41) is 9.33. The number of anilines is 1. The van der Waals surface area contributed by atoms with Crippen LogP contribution in [0.3, 0.4) is 0 Å². The van der Waals surface area contributed by atoms with Crippen LogP contribution in [-0.2, 0) is 34.2 Å². The second kappa shape index (κ2) is 12.5. The number of aryl methyl sites for hydroxylation is 3. The molecular weight excluding hydrogens is 514 g/mol. The van der Waals surface area contributed by atoms with Crippen LogP contribution >= 0.6 is 0 Å². The fourth-order valence-corrected chi connectivity index (χ4v) is 6.00. The van der Waals surface area contributed by atoms with Crippen LogP contribution in [0.4, 0.5) is 5.82 Å². The average molecular weight is 562 g/mol. The molecule has 2 aliphatic heterocycles. The summed E-state index contributed by atoms with van der Waals surface area (Å²) in [6.45, 7) is 13.2. The van der Waals surface area contributed by atoms with Crippen molar-refractivity contribution < 1.29 is 14.3 Å². The smallest absolute Gasteiger partial charge is 0.328 e. The molecule has 0 bridgehead atoms. The number of ether oxygens (including phenoxy) is 2. The Morgan fingerprint density at radius 2 is 1.93 bits per heavy atom. The normalized spacial score (nSPS) is 16.9. The molecule has 0 radical (unpaired) electrons. The standard InChI is InChI=1S/C33H47N5O3/c1-22(2)28-26-14-10-15-27(29(26)37(6)36-28)30(32(39)41-33(3,4)5)38-20-25(21-38)40-19-9-7-8-13-24-17-16-23-12-11-18-34-31(23)35-24/h10,14-17,22,25,30H,7-9,11-13,18-21H2,1-6H3,(H,34,35). The molecule has 1 unspecified atom stereocenters. The summed E-state index contributed by atoms with van der Waals surface area (Å²) < 4.78 is 14.1. The summed E-state index contributed by atoms with van der Waals surface area (Å²) in [6.07, 6.45) is 6.70. The van der Waals surface area contributed by atoms with Gasteiger partial charge in [0, 0.05) is 49.9 Å². The van der Waals surface area contributed by atoms with Gasteiger partial charge in [0.05, 0.1) is 17.3 Å². The van der Waals surface area contributed by atoms with Gasteiger partial charge in [-0.1, -0.05) is 44.5 Å². The highest BCUT2D eigenvalue weighted by atomic mass is 16.6. The molecule has 0 spiro atoms. The van der Waals surface area contributed by atoms with Crippen molar-refractivity contribution in [1.82, 2.24) is 19.7 Å². The van der Waals surface area contributed by atoms with Gasteiger partial charge in [-0.25, -0.2) is 9.78 Å². The molecule has 0 aliphatic carbocycles. The van der Waals surface area contributed by atoms with Gasteiger partial charge in [-0.15, -0.1) is 0 Å². The number of pyridine rings is 1. The van der Waals surface area contributed by atoms with Crippen molar-refractivity contribution in [1.29, 1.82) is 0 Å². The van der Waals surface area contributed by atoms with Crippen molar-refractivity contribution in [3.8, 4) is 0 Å². The number of nitrogens with zero attached hydrogens (tertiary/aromatic N) is 4. The van der Waals surface area contributed by atoms with E-state index in [9.17, 15) is 4.79 Å². The molecule has 5 rings (SSSR count). The molecule has 8 heteroatoms. The Hall–Kier alpha value is -2.97. The molecule has 3 aromatic rings. The number of rotatable bonds is 11. The summed E-state index contributed by atoms with van der Waals surface area (Å²) >= 11 is 0. The third-order valence-electron chi connectivity index (χ3n) is 8.02. The van der Waals surface area contributed by atoms with Gasteiger partial charge in [-0.3, -0.25) is 9.58 Å². The number of hydrogen-bond donors (Lipinski definition) is 1. The van der Waals surface area contributed by atoms with Gasteiger partial charge in [-0.2, -0.15) is 5.10 Å². The number of likely N-dealkylation sites (tertiary alicyclic amines) is 1. The molecule has 8 nitrogen and oxygen atoms in total. The van der Waals surface area contributed by atoms with E-state index in [0.29, 0.717) is 19.0 Å². The lowest BCUT2D eigenvalue weighted by Gasteiger charge is -2.43. The number of benzene rings is 1. The maximum absolute atomic E-state index is 13.6. The molecule has 1 aromatic carbocycles. The minimum absolute atomic E-state index is 0.130. The molecule has 1 N–H and O–H groups in total. The summed E-state index contributed by atoms with van der Waals surface area (Å²) in [5.74, 6) is 1.15. The number of esters is 1. The lowest BCUT2D eigenvalue weighted by molar-refractivity contribution is -0.168. The Balaban J connectivity index is 1.15. The molecule has 41 heavy (non-hydrogen) atoms. The van der Waals surface area contributed by atoms with Crippen LogP contribution < -0.4 is 5.32 Å². The van der Waals surface area contributed by atoms with Gasteiger partial charge in [0.1, 0.15) is 17.5 Å². The van der Waals surface area contributed by atoms with Crippen LogP contribution in [0.1, 0.15) is 94.8 Å². The van der Waals surface area contributed by atoms with E-state index in [4.69, 9.17) is 19.6 Å². The fourth-order valence-electron chi connectivity index (χ4n) is 6.00. The highest BCUT2D eigenvalue weighted by molar-refractivity contribution is 5.90. The van der Waals surface area contributed by atoms with E-state index in [-0.39, 0.29) is 12.1 Å². The van der Waals surface area contributed by atoms with Crippen LogP contribution in [0.5, 0.6) is 0 Å². The van der Waals surface area contributed by atoms with Crippen LogP contribution in [0.25, 0.3) is 10.9 Å². The van der Waals surface area contributed by atoms with Crippen molar-refractivity contribution in [2.75, 3.05) is 31.6 Å². The first-order valence-corrected chi connectivity index (χ1v) is 15.4. The first-order chi connectivity index (χ1) is 19.6. The van der Waals surface area contributed by atoms with Crippen LogP contribution in [-0.4, -0.2) is 63.6 Å². The van der Waals surface area contributed by atoms with Gasteiger partial charge >= 0.3 is 5.97 Å². The number of carbonyl (C=O) groups excluding carboxylic acids is 1. The maximum atomic E-state index is 13.6. The Kier molecular flexibility index (Phi) is 9.00. The van der Waals surface area contributed by atoms with Crippen molar-refractivity contribution >= 4 is 22.7 Å². The van der Waals surface area contributed by atoms with E-state index < -0.39 is 11.6 Å². The van der Waals surface area contributed by atoms with E-state index in [1.165, 1.54) is 17.7 Å². The predicted octanol–water partition coefficient (Wildman–Crippen LogP) is 5.95. The summed E-state index contributed by atoms with van der Waals surface area (Å²) in [6, 6.07) is 10.1. The molecule has 1 fully saturated rings. The Morgan fingerprint density at radius 3 is 2.68 bits per heavy atom. The van der Waals surface area contributed by atoms with Gasteiger partial charge in [0.2, 0.25) is 0 Å². The molecule has 222 valence electrons. The minimum Gasteiger partial charge on any atom is -0.459 e. The molecule has 0 saturated carbocycles. The van der Waals surface area contributed by atoms with Crippen molar-refractivity contribution in [3.05, 3.63) is 52.8 Å². The van der Waals surface area contributed by atoms with Crippen molar-refractivity contribution in [2.24, 2.45) is 7.05 Å². The zero-order valence-electron chi connectivity index (χ0n) is 25.7. The molecule has 1 atom stereocenters. The summed E-state index contributed by atoms with van der Waals surface area (Å²) in [5.41, 5.74) is 4.95. The average Bonchev–Trinajstić information content (AvgIpc) is 3.25. The van der Waals surface area contributed by atoms with E-state index >= 15 is 0 Å². The van der Waals surface area contributed by atoms with E-state index in [1.807, 2.05) is 44.6 Å². The van der Waals surface area contributed by atoms with Gasteiger partial charge in [0.25, 0.3) is 0 Å². The highest BCUT2D eigenvalue weighted by Crippen LogP contribution is 2.36. The highest BCUT2D eigenvalue weighted by Gasteiger charge is 2.41. The van der Waals surface area contributed by atoms with Crippen LogP contribution in [0.2, 0.25) is 0 Å². The Bertz CT molecular complexity index is 1350. The van der Waals surface area contributed by atoms with Gasteiger partial charge in [0.15, 0.2) is 0 Å². The SMILES string of the molecule is CC(C)c1nn(C)c2c(C(C(=O)OC(C)(C)C)N3CC(OCCCCCc4ccc5c(n4)NCCC5)C3)cccc12. The lowest BCUT2D eigenvalue weighted by atomic mass is 9.96. The monoisotopic (exact) mass is 561 g/mol.